The van der Waals surface area contributed by atoms with Crippen molar-refractivity contribution < 1.29 is 4.74 Å². The van der Waals surface area contributed by atoms with Crippen molar-refractivity contribution in [3.05, 3.63) is 82.5 Å². The van der Waals surface area contributed by atoms with Crippen LogP contribution in [0.3, 0.4) is 0 Å². The number of hydrogen-bond donors (Lipinski definition) is 0. The zero-order valence-corrected chi connectivity index (χ0v) is 12.7. The van der Waals surface area contributed by atoms with Gasteiger partial charge in [0.25, 0.3) is 0 Å². The molecule has 0 saturated carbocycles. The van der Waals surface area contributed by atoms with Crippen LogP contribution in [0.15, 0.2) is 71.3 Å². The molecular formula is C19H18OS. The topological polar surface area (TPSA) is 9.23 Å². The van der Waals surface area contributed by atoms with Crippen molar-refractivity contribution in [1.29, 1.82) is 0 Å². The Morgan fingerprint density at radius 3 is 1.90 bits per heavy atom. The summed E-state index contributed by atoms with van der Waals surface area (Å²) in [6.45, 7) is 0. The molecule has 0 fully saturated rings. The van der Waals surface area contributed by atoms with Crippen LogP contribution in [-0.4, -0.2) is 0 Å². The van der Waals surface area contributed by atoms with E-state index < -0.39 is 4.93 Å². The molecular weight excluding hydrogens is 276 g/mol. The fourth-order valence-corrected chi connectivity index (χ4v) is 4.65. The van der Waals surface area contributed by atoms with Gasteiger partial charge in [-0.1, -0.05) is 72.4 Å². The van der Waals surface area contributed by atoms with Gasteiger partial charge in [0.05, 0.1) is 0 Å². The van der Waals surface area contributed by atoms with E-state index in [4.69, 9.17) is 4.74 Å². The summed E-state index contributed by atoms with van der Waals surface area (Å²) in [7, 11) is 0. The molecule has 0 spiro atoms. The van der Waals surface area contributed by atoms with E-state index in [1.165, 1.54) is 41.1 Å². The zero-order valence-electron chi connectivity index (χ0n) is 11.9. The van der Waals surface area contributed by atoms with E-state index in [0.717, 1.165) is 6.42 Å². The third-order valence-electron chi connectivity index (χ3n) is 4.21. The Morgan fingerprint density at radius 2 is 1.33 bits per heavy atom. The van der Waals surface area contributed by atoms with Crippen molar-refractivity contribution in [3.63, 3.8) is 0 Å². The van der Waals surface area contributed by atoms with Gasteiger partial charge in [0, 0.05) is 22.5 Å². The lowest BCUT2D eigenvalue weighted by molar-refractivity contribution is 0.116. The second-order valence-corrected chi connectivity index (χ2v) is 6.88. The smallest absolute Gasteiger partial charge is 0.209 e. The molecule has 1 heterocycles. The van der Waals surface area contributed by atoms with Crippen LogP contribution in [0.4, 0.5) is 0 Å². The molecule has 0 amide bonds. The van der Waals surface area contributed by atoms with E-state index in [-0.39, 0.29) is 0 Å². The van der Waals surface area contributed by atoms with Crippen molar-refractivity contribution >= 4 is 11.8 Å². The molecule has 1 aliphatic carbocycles. The predicted molar refractivity (Wildman–Crippen MR) is 87.8 cm³/mol. The molecule has 1 aliphatic heterocycles. The van der Waals surface area contributed by atoms with Gasteiger partial charge >= 0.3 is 0 Å². The Labute approximate surface area is 130 Å². The van der Waals surface area contributed by atoms with Gasteiger partial charge in [-0.05, 0) is 19.3 Å². The standard InChI is InChI=1S/C19H18OS/c1-3-9-15(10-4-1)19(16-11-5-2-6-12-16)20-17-13-7-8-14-18(17)21-19/h1-6,9-12H,7-8,13-14H2. The summed E-state index contributed by atoms with van der Waals surface area (Å²) >= 11 is 1.91. The average Bonchev–Trinajstić information content (AvgIpc) is 2.97. The molecule has 2 aliphatic rings. The van der Waals surface area contributed by atoms with E-state index in [2.05, 4.69) is 60.7 Å². The van der Waals surface area contributed by atoms with Gasteiger partial charge in [-0.3, -0.25) is 0 Å². The van der Waals surface area contributed by atoms with Crippen molar-refractivity contribution in [1.82, 2.24) is 0 Å². The Bertz CT molecular complexity index is 601. The number of rotatable bonds is 2. The first-order chi connectivity index (χ1) is 10.4. The SMILES string of the molecule is c1ccc(C2(c3ccccc3)OC3=C(CCCC3)S2)cc1. The summed E-state index contributed by atoms with van der Waals surface area (Å²) in [6.07, 6.45) is 4.79. The molecule has 0 N–H and O–H groups in total. The molecule has 4 rings (SSSR count). The molecule has 106 valence electrons. The van der Waals surface area contributed by atoms with Crippen LogP contribution in [0.25, 0.3) is 0 Å². The molecule has 2 heteroatoms. The quantitative estimate of drug-likeness (QED) is 0.729. The van der Waals surface area contributed by atoms with Crippen molar-refractivity contribution in [2.75, 3.05) is 0 Å². The maximum Gasteiger partial charge on any atom is 0.209 e. The van der Waals surface area contributed by atoms with Crippen LogP contribution in [0.1, 0.15) is 36.8 Å². The molecule has 21 heavy (non-hydrogen) atoms. The Morgan fingerprint density at radius 1 is 0.762 bits per heavy atom. The molecule has 0 radical (unpaired) electrons. The zero-order chi connectivity index (χ0) is 14.1. The third kappa shape index (κ3) is 2.18. The Hall–Kier alpha value is -1.67. The lowest BCUT2D eigenvalue weighted by Gasteiger charge is -2.30. The monoisotopic (exact) mass is 294 g/mol. The molecule has 0 unspecified atom stereocenters. The first-order valence-electron chi connectivity index (χ1n) is 7.59. The highest BCUT2D eigenvalue weighted by molar-refractivity contribution is 8.04. The summed E-state index contributed by atoms with van der Waals surface area (Å²) < 4.78 is 6.57. The summed E-state index contributed by atoms with van der Waals surface area (Å²) in [5, 5.41) is 0. The van der Waals surface area contributed by atoms with Crippen LogP contribution >= 0.6 is 11.8 Å². The Kier molecular flexibility index (Phi) is 3.27. The summed E-state index contributed by atoms with van der Waals surface area (Å²) in [4.78, 5) is 1.06. The van der Waals surface area contributed by atoms with Gasteiger partial charge in [0.15, 0.2) is 0 Å². The van der Waals surface area contributed by atoms with Gasteiger partial charge in [-0.15, -0.1) is 0 Å². The van der Waals surface area contributed by atoms with E-state index in [1.54, 1.807) is 0 Å². The number of benzene rings is 2. The molecule has 0 atom stereocenters. The number of hydrogen-bond acceptors (Lipinski definition) is 2. The van der Waals surface area contributed by atoms with E-state index in [0.29, 0.717) is 0 Å². The third-order valence-corrected chi connectivity index (χ3v) is 5.73. The number of allylic oxidation sites excluding steroid dienone is 2. The highest BCUT2D eigenvalue weighted by atomic mass is 32.2. The fraction of sp³-hybridized carbons (Fsp3) is 0.263. The molecule has 2 aromatic rings. The van der Waals surface area contributed by atoms with Crippen LogP contribution in [-0.2, 0) is 9.67 Å². The first kappa shape index (κ1) is 13.0. The van der Waals surface area contributed by atoms with Crippen LogP contribution < -0.4 is 0 Å². The summed E-state index contributed by atoms with van der Waals surface area (Å²) in [6, 6.07) is 21.2. The minimum absolute atomic E-state index is 0.391. The lowest BCUT2D eigenvalue weighted by Crippen LogP contribution is -2.23. The highest BCUT2D eigenvalue weighted by Crippen LogP contribution is 2.57. The van der Waals surface area contributed by atoms with Gasteiger partial charge in [0.2, 0.25) is 4.93 Å². The van der Waals surface area contributed by atoms with E-state index in [9.17, 15) is 0 Å². The summed E-state index contributed by atoms with van der Waals surface area (Å²) in [5.74, 6) is 1.22. The average molecular weight is 294 g/mol. The number of thioether (sulfide) groups is 1. The molecule has 0 saturated heterocycles. The maximum atomic E-state index is 6.57. The molecule has 1 nitrogen and oxygen atoms in total. The normalized spacial score (nSPS) is 20.0. The molecule has 0 aromatic heterocycles. The minimum Gasteiger partial charge on any atom is -0.471 e. The van der Waals surface area contributed by atoms with Gasteiger partial charge in [-0.25, -0.2) is 0 Å². The van der Waals surface area contributed by atoms with Gasteiger partial charge < -0.3 is 4.74 Å². The second-order valence-electron chi connectivity index (χ2n) is 5.61. The molecule has 0 bridgehead atoms. The minimum atomic E-state index is -0.391. The van der Waals surface area contributed by atoms with E-state index in [1.807, 2.05) is 11.8 Å². The fourth-order valence-electron chi connectivity index (χ4n) is 3.15. The van der Waals surface area contributed by atoms with Crippen molar-refractivity contribution in [2.45, 2.75) is 30.6 Å². The number of ether oxygens (including phenoxy) is 1. The van der Waals surface area contributed by atoms with Gasteiger partial charge in [0.1, 0.15) is 5.76 Å². The maximum absolute atomic E-state index is 6.57. The lowest BCUT2D eigenvalue weighted by atomic mass is 10.00. The largest absolute Gasteiger partial charge is 0.471 e. The van der Waals surface area contributed by atoms with Crippen LogP contribution in [0.5, 0.6) is 0 Å². The summed E-state index contributed by atoms with van der Waals surface area (Å²) in [5.41, 5.74) is 2.46. The highest BCUT2D eigenvalue weighted by Gasteiger charge is 2.45. The van der Waals surface area contributed by atoms with Crippen molar-refractivity contribution in [2.24, 2.45) is 0 Å². The van der Waals surface area contributed by atoms with E-state index >= 15 is 0 Å². The van der Waals surface area contributed by atoms with Crippen molar-refractivity contribution in [3.8, 4) is 0 Å². The van der Waals surface area contributed by atoms with Crippen LogP contribution in [0, 0.1) is 0 Å². The molecule has 2 aromatic carbocycles. The predicted octanol–water partition coefficient (Wildman–Crippen LogP) is 5.44. The first-order valence-corrected chi connectivity index (χ1v) is 8.41. The second kappa shape index (κ2) is 5.27. The van der Waals surface area contributed by atoms with Gasteiger partial charge in [-0.2, -0.15) is 0 Å². The Balaban J connectivity index is 1.82. The van der Waals surface area contributed by atoms with Crippen LogP contribution in [0.2, 0.25) is 0 Å².